The average Bonchev–Trinajstić information content (AvgIpc) is 2.07. The quantitative estimate of drug-likeness (QED) is 0.576. The van der Waals surface area contributed by atoms with Crippen LogP contribution in [0.5, 0.6) is 0 Å². The minimum absolute atomic E-state index is 1.00. The lowest BCUT2D eigenvalue weighted by molar-refractivity contribution is 0.251. The van der Waals surface area contributed by atoms with Gasteiger partial charge in [-0.15, -0.1) is 0 Å². The van der Waals surface area contributed by atoms with E-state index in [0.29, 0.717) is 0 Å². The maximum Gasteiger partial charge on any atom is -0.0388 e. The molecule has 0 heterocycles. The summed E-state index contributed by atoms with van der Waals surface area (Å²) in [5, 5.41) is 0. The summed E-state index contributed by atoms with van der Waals surface area (Å²) in [4.78, 5) is 0. The van der Waals surface area contributed by atoms with Crippen LogP contribution < -0.4 is 0 Å². The third-order valence-corrected chi connectivity index (χ3v) is 3.20. The van der Waals surface area contributed by atoms with E-state index in [1.165, 1.54) is 44.9 Å². The van der Waals surface area contributed by atoms with Gasteiger partial charge in [-0.05, 0) is 11.8 Å². The van der Waals surface area contributed by atoms with Crippen LogP contribution in [0.3, 0.4) is 0 Å². The van der Waals surface area contributed by atoms with Gasteiger partial charge >= 0.3 is 0 Å². The third kappa shape index (κ3) is 2.84. The molecule has 0 saturated heterocycles. The van der Waals surface area contributed by atoms with Crippen molar-refractivity contribution in [2.45, 2.75) is 58.8 Å². The summed E-state index contributed by atoms with van der Waals surface area (Å²) in [6.45, 7) is 4.75. The lowest BCUT2D eigenvalue weighted by atomic mass is 9.79. The van der Waals surface area contributed by atoms with Crippen molar-refractivity contribution in [2.24, 2.45) is 11.8 Å². The highest BCUT2D eigenvalue weighted by molar-refractivity contribution is 4.70. The van der Waals surface area contributed by atoms with E-state index in [1.54, 1.807) is 0 Å². The lowest BCUT2D eigenvalue weighted by Gasteiger charge is -2.27. The molecule has 0 aromatic heterocycles. The maximum atomic E-state index is 2.44. The van der Waals surface area contributed by atoms with Crippen LogP contribution in [-0.2, 0) is 0 Å². The molecule has 1 rings (SSSR count). The standard InChI is InChI=1S/C11H22/c1-3-7-10(2)11-8-5-4-6-9-11/h10-11H,3-9H2,1-2H3. The fraction of sp³-hybridized carbons (Fsp3) is 1.00. The van der Waals surface area contributed by atoms with E-state index in [2.05, 4.69) is 13.8 Å². The molecule has 0 spiro atoms. The molecular formula is C11H22. The molecule has 0 amide bonds. The second kappa shape index (κ2) is 4.79. The summed E-state index contributed by atoms with van der Waals surface area (Å²) < 4.78 is 0. The van der Waals surface area contributed by atoms with Gasteiger partial charge in [0.1, 0.15) is 0 Å². The molecule has 1 aliphatic carbocycles. The zero-order valence-corrected chi connectivity index (χ0v) is 8.10. The van der Waals surface area contributed by atoms with Gasteiger partial charge in [0.2, 0.25) is 0 Å². The maximum absolute atomic E-state index is 2.44. The fourth-order valence-electron chi connectivity index (χ4n) is 2.39. The third-order valence-electron chi connectivity index (χ3n) is 3.20. The Labute approximate surface area is 71.4 Å². The number of hydrogen-bond donors (Lipinski definition) is 0. The minimum Gasteiger partial charge on any atom is -0.0654 e. The van der Waals surface area contributed by atoms with Crippen molar-refractivity contribution in [3.8, 4) is 0 Å². The van der Waals surface area contributed by atoms with Crippen LogP contribution in [0.2, 0.25) is 0 Å². The Kier molecular flexibility index (Phi) is 3.96. The molecule has 1 unspecified atom stereocenters. The van der Waals surface area contributed by atoms with Gasteiger partial charge in [0.25, 0.3) is 0 Å². The topological polar surface area (TPSA) is 0 Å². The Bertz CT molecular complexity index is 90.2. The minimum atomic E-state index is 1.00. The van der Waals surface area contributed by atoms with Crippen molar-refractivity contribution < 1.29 is 0 Å². The Morgan fingerprint density at radius 1 is 1.18 bits per heavy atom. The Balaban J connectivity index is 2.21. The van der Waals surface area contributed by atoms with Crippen LogP contribution in [0.25, 0.3) is 0 Å². The van der Waals surface area contributed by atoms with E-state index in [9.17, 15) is 0 Å². The smallest absolute Gasteiger partial charge is 0.0388 e. The first-order valence-electron chi connectivity index (χ1n) is 5.34. The second-order valence-corrected chi connectivity index (χ2v) is 4.16. The van der Waals surface area contributed by atoms with Gasteiger partial charge in [-0.3, -0.25) is 0 Å². The summed E-state index contributed by atoms with van der Waals surface area (Å²) >= 11 is 0. The van der Waals surface area contributed by atoms with Crippen molar-refractivity contribution >= 4 is 0 Å². The van der Waals surface area contributed by atoms with E-state index in [4.69, 9.17) is 0 Å². The van der Waals surface area contributed by atoms with Gasteiger partial charge in [0.05, 0.1) is 0 Å². The van der Waals surface area contributed by atoms with Crippen molar-refractivity contribution in [1.29, 1.82) is 0 Å². The highest BCUT2D eigenvalue weighted by atomic mass is 14.2. The summed E-state index contributed by atoms with van der Waals surface area (Å²) in [5.41, 5.74) is 0. The van der Waals surface area contributed by atoms with E-state index in [-0.39, 0.29) is 0 Å². The molecular weight excluding hydrogens is 132 g/mol. The normalized spacial score (nSPS) is 23.5. The summed E-state index contributed by atoms with van der Waals surface area (Å²) in [7, 11) is 0. The highest BCUT2D eigenvalue weighted by Gasteiger charge is 2.18. The second-order valence-electron chi connectivity index (χ2n) is 4.16. The molecule has 0 nitrogen and oxygen atoms in total. The van der Waals surface area contributed by atoms with Gasteiger partial charge in [0.15, 0.2) is 0 Å². The monoisotopic (exact) mass is 154 g/mol. The molecule has 0 heteroatoms. The summed E-state index contributed by atoms with van der Waals surface area (Å²) in [5.74, 6) is 2.07. The van der Waals surface area contributed by atoms with Gasteiger partial charge in [-0.25, -0.2) is 0 Å². The fourth-order valence-corrected chi connectivity index (χ4v) is 2.39. The zero-order valence-electron chi connectivity index (χ0n) is 8.10. The number of hydrogen-bond acceptors (Lipinski definition) is 0. The van der Waals surface area contributed by atoms with Crippen LogP contribution in [-0.4, -0.2) is 0 Å². The lowest BCUT2D eigenvalue weighted by Crippen LogP contribution is -2.14. The molecule has 1 aliphatic rings. The van der Waals surface area contributed by atoms with Crippen molar-refractivity contribution in [2.75, 3.05) is 0 Å². The van der Waals surface area contributed by atoms with Gasteiger partial charge in [-0.2, -0.15) is 0 Å². The molecule has 66 valence electrons. The SMILES string of the molecule is CCCC(C)C1CCCCC1. The predicted molar refractivity (Wildman–Crippen MR) is 50.6 cm³/mol. The van der Waals surface area contributed by atoms with E-state index < -0.39 is 0 Å². The van der Waals surface area contributed by atoms with E-state index >= 15 is 0 Å². The molecule has 1 atom stereocenters. The van der Waals surface area contributed by atoms with Crippen LogP contribution in [0.1, 0.15) is 58.8 Å². The molecule has 0 aliphatic heterocycles. The zero-order chi connectivity index (χ0) is 8.10. The van der Waals surface area contributed by atoms with Crippen molar-refractivity contribution in [1.82, 2.24) is 0 Å². The molecule has 11 heavy (non-hydrogen) atoms. The van der Waals surface area contributed by atoms with E-state index in [1.807, 2.05) is 0 Å². The summed E-state index contributed by atoms with van der Waals surface area (Å²) in [6, 6.07) is 0. The highest BCUT2D eigenvalue weighted by Crippen LogP contribution is 2.31. The van der Waals surface area contributed by atoms with Crippen LogP contribution in [0.4, 0.5) is 0 Å². The Morgan fingerprint density at radius 3 is 2.36 bits per heavy atom. The molecule has 1 fully saturated rings. The first-order chi connectivity index (χ1) is 5.34. The molecule has 0 bridgehead atoms. The molecule has 1 saturated carbocycles. The van der Waals surface area contributed by atoms with Gasteiger partial charge in [-0.1, -0.05) is 58.8 Å². The predicted octanol–water partition coefficient (Wildman–Crippen LogP) is 4.00. The van der Waals surface area contributed by atoms with Crippen LogP contribution in [0.15, 0.2) is 0 Å². The molecule has 0 radical (unpaired) electrons. The van der Waals surface area contributed by atoms with Crippen molar-refractivity contribution in [3.05, 3.63) is 0 Å². The molecule has 0 N–H and O–H groups in total. The molecule has 0 aromatic rings. The molecule has 0 aromatic carbocycles. The average molecular weight is 154 g/mol. The van der Waals surface area contributed by atoms with Gasteiger partial charge in [0, 0.05) is 0 Å². The largest absolute Gasteiger partial charge is 0.0654 e. The first kappa shape index (κ1) is 9.09. The first-order valence-corrected chi connectivity index (χ1v) is 5.34. The van der Waals surface area contributed by atoms with Crippen LogP contribution >= 0.6 is 0 Å². The summed E-state index contributed by atoms with van der Waals surface area (Å²) in [6.07, 6.45) is 10.3. The van der Waals surface area contributed by atoms with Crippen LogP contribution in [0, 0.1) is 11.8 Å². The number of rotatable bonds is 3. The Hall–Kier alpha value is 0. The van der Waals surface area contributed by atoms with Gasteiger partial charge < -0.3 is 0 Å². The van der Waals surface area contributed by atoms with Crippen molar-refractivity contribution in [3.63, 3.8) is 0 Å². The van der Waals surface area contributed by atoms with E-state index in [0.717, 1.165) is 11.8 Å². The Morgan fingerprint density at radius 2 is 1.82 bits per heavy atom.